The quantitative estimate of drug-likeness (QED) is 0.231. The van der Waals surface area contributed by atoms with Gasteiger partial charge < -0.3 is 4.74 Å². The molecule has 0 spiro atoms. The molecule has 2 nitrogen and oxygen atoms in total. The molecule has 0 aliphatic heterocycles. The molecule has 1 saturated carbocycles. The highest BCUT2D eigenvalue weighted by atomic mass is 16.5. The Bertz CT molecular complexity index is 759. The van der Waals surface area contributed by atoms with Crippen LogP contribution in [0.2, 0.25) is 0 Å². The Morgan fingerprint density at radius 2 is 1.35 bits per heavy atom. The zero-order valence-corrected chi connectivity index (χ0v) is 22.1. The highest BCUT2D eigenvalue weighted by molar-refractivity contribution is 5.59. The third kappa shape index (κ3) is 9.80. The highest BCUT2D eigenvalue weighted by Gasteiger charge is 2.20. The minimum atomic E-state index is 0.782. The Hall–Kier alpha value is -1.83. The summed E-state index contributed by atoms with van der Waals surface area (Å²) in [5, 5.41) is 0. The van der Waals surface area contributed by atoms with Crippen LogP contribution >= 0.6 is 0 Å². The van der Waals surface area contributed by atoms with E-state index in [9.17, 15) is 0 Å². The van der Waals surface area contributed by atoms with Gasteiger partial charge in [0.25, 0.3) is 0 Å². The second kappa shape index (κ2) is 16.0. The molecule has 1 aromatic heterocycles. The monoisotopic (exact) mass is 463 g/mol. The number of hydrogen-bond acceptors (Lipinski definition) is 2. The van der Waals surface area contributed by atoms with Gasteiger partial charge in [-0.3, -0.25) is 4.98 Å². The summed E-state index contributed by atoms with van der Waals surface area (Å²) in [4.78, 5) is 4.62. The van der Waals surface area contributed by atoms with Gasteiger partial charge in [0.1, 0.15) is 5.75 Å². The van der Waals surface area contributed by atoms with E-state index in [0.717, 1.165) is 36.3 Å². The van der Waals surface area contributed by atoms with Gasteiger partial charge >= 0.3 is 0 Å². The molecule has 0 saturated heterocycles. The fourth-order valence-corrected chi connectivity index (χ4v) is 5.41. The molecule has 188 valence electrons. The summed E-state index contributed by atoms with van der Waals surface area (Å²) in [6, 6.07) is 13.2. The molecule has 1 fully saturated rings. The summed E-state index contributed by atoms with van der Waals surface area (Å²) >= 11 is 0. The second-order valence-electron chi connectivity index (χ2n) is 10.6. The molecule has 34 heavy (non-hydrogen) atoms. The number of hydrogen-bond donors (Lipinski definition) is 0. The minimum absolute atomic E-state index is 0.782. The van der Waals surface area contributed by atoms with E-state index in [2.05, 4.69) is 49.2 Å². The van der Waals surface area contributed by atoms with E-state index in [4.69, 9.17) is 4.74 Å². The highest BCUT2D eigenvalue weighted by Crippen LogP contribution is 2.34. The van der Waals surface area contributed by atoms with Gasteiger partial charge in [-0.1, -0.05) is 122 Å². The fraction of sp³-hybridized carbons (Fsp3) is 0.656. The molecule has 1 aliphatic carbocycles. The Balaban J connectivity index is 1.32. The SMILES string of the molecule is CCCCCCCCC1CCC(CCc2ccc(-c3ccc(OCCCCC)cn3)cc2)CC1. The van der Waals surface area contributed by atoms with E-state index < -0.39 is 0 Å². The first-order valence-corrected chi connectivity index (χ1v) is 14.5. The van der Waals surface area contributed by atoms with Gasteiger partial charge in [0.2, 0.25) is 0 Å². The zero-order chi connectivity index (χ0) is 23.8. The van der Waals surface area contributed by atoms with E-state index in [-0.39, 0.29) is 0 Å². The second-order valence-corrected chi connectivity index (χ2v) is 10.6. The molecule has 0 atom stereocenters. The minimum Gasteiger partial charge on any atom is -0.492 e. The van der Waals surface area contributed by atoms with Crippen molar-refractivity contribution in [2.24, 2.45) is 11.8 Å². The average molecular weight is 464 g/mol. The van der Waals surface area contributed by atoms with Gasteiger partial charge in [0.15, 0.2) is 0 Å². The van der Waals surface area contributed by atoms with Crippen LogP contribution in [0.15, 0.2) is 42.6 Å². The van der Waals surface area contributed by atoms with E-state index in [1.165, 1.54) is 107 Å². The lowest BCUT2D eigenvalue weighted by atomic mass is 9.77. The van der Waals surface area contributed by atoms with Crippen molar-refractivity contribution in [1.82, 2.24) is 4.98 Å². The van der Waals surface area contributed by atoms with Crippen LogP contribution in [0.5, 0.6) is 5.75 Å². The molecule has 1 aliphatic rings. The predicted molar refractivity (Wildman–Crippen MR) is 146 cm³/mol. The number of ether oxygens (including phenoxy) is 1. The summed E-state index contributed by atoms with van der Waals surface area (Å²) in [6.45, 7) is 5.30. The number of aromatic nitrogens is 1. The molecule has 0 bridgehead atoms. The van der Waals surface area contributed by atoms with Gasteiger partial charge in [-0.25, -0.2) is 0 Å². The normalized spacial score (nSPS) is 18.2. The molecule has 1 heterocycles. The number of nitrogens with zero attached hydrogens (tertiary/aromatic N) is 1. The Morgan fingerprint density at radius 1 is 0.706 bits per heavy atom. The van der Waals surface area contributed by atoms with Crippen LogP contribution in [-0.2, 0) is 6.42 Å². The van der Waals surface area contributed by atoms with Crippen molar-refractivity contribution in [3.05, 3.63) is 48.2 Å². The first-order chi connectivity index (χ1) is 16.8. The van der Waals surface area contributed by atoms with Gasteiger partial charge in [-0.2, -0.15) is 0 Å². The fourth-order valence-electron chi connectivity index (χ4n) is 5.41. The van der Waals surface area contributed by atoms with Gasteiger partial charge in [-0.15, -0.1) is 0 Å². The van der Waals surface area contributed by atoms with Crippen molar-refractivity contribution in [1.29, 1.82) is 0 Å². The Labute approximate surface area is 209 Å². The van der Waals surface area contributed by atoms with Gasteiger partial charge in [0, 0.05) is 5.56 Å². The van der Waals surface area contributed by atoms with Gasteiger partial charge in [0.05, 0.1) is 18.5 Å². The number of unbranched alkanes of at least 4 members (excludes halogenated alkanes) is 7. The van der Waals surface area contributed by atoms with Crippen molar-refractivity contribution < 1.29 is 4.74 Å². The maximum absolute atomic E-state index is 5.79. The summed E-state index contributed by atoms with van der Waals surface area (Å²) < 4.78 is 5.79. The molecule has 1 aromatic carbocycles. The molecule has 2 heteroatoms. The maximum Gasteiger partial charge on any atom is 0.137 e. The van der Waals surface area contributed by atoms with Crippen LogP contribution < -0.4 is 4.74 Å². The van der Waals surface area contributed by atoms with E-state index in [1.807, 2.05) is 12.3 Å². The predicted octanol–water partition coefficient (Wildman–Crippen LogP) is 9.81. The van der Waals surface area contributed by atoms with E-state index >= 15 is 0 Å². The van der Waals surface area contributed by atoms with E-state index in [1.54, 1.807) is 0 Å². The van der Waals surface area contributed by atoms with Gasteiger partial charge in [-0.05, 0) is 48.8 Å². The lowest BCUT2D eigenvalue weighted by molar-refractivity contribution is 0.248. The number of rotatable bonds is 16. The first-order valence-electron chi connectivity index (χ1n) is 14.5. The summed E-state index contributed by atoms with van der Waals surface area (Å²) in [6.07, 6.45) is 23.9. The molecule has 2 aromatic rings. The zero-order valence-electron chi connectivity index (χ0n) is 22.1. The van der Waals surface area contributed by atoms with E-state index in [0.29, 0.717) is 0 Å². The van der Waals surface area contributed by atoms with Crippen LogP contribution in [0, 0.1) is 11.8 Å². The van der Waals surface area contributed by atoms with Crippen LogP contribution in [-0.4, -0.2) is 11.6 Å². The third-order valence-electron chi connectivity index (χ3n) is 7.78. The molecular weight excluding hydrogens is 414 g/mol. The lowest BCUT2D eigenvalue weighted by Gasteiger charge is -2.28. The standard InChI is InChI=1S/C32H49NO/c1-3-5-7-8-9-10-12-27-13-15-28(16-14-27)17-18-29-19-21-30(22-20-29)32-24-23-31(26-33-32)34-25-11-6-4-2/h19-24,26-28H,3-18,25H2,1-2H3. The summed E-state index contributed by atoms with van der Waals surface area (Å²) in [7, 11) is 0. The van der Waals surface area contributed by atoms with Crippen molar-refractivity contribution >= 4 is 0 Å². The molecule has 0 amide bonds. The third-order valence-corrected chi connectivity index (χ3v) is 7.78. The maximum atomic E-state index is 5.79. The molecule has 3 rings (SSSR count). The summed E-state index contributed by atoms with van der Waals surface area (Å²) in [5.74, 6) is 2.83. The molecule has 0 unspecified atom stereocenters. The number of pyridine rings is 1. The van der Waals surface area contributed by atoms with Crippen molar-refractivity contribution in [3.63, 3.8) is 0 Å². The van der Waals surface area contributed by atoms with Crippen molar-refractivity contribution in [3.8, 4) is 17.0 Å². The number of aryl methyl sites for hydroxylation is 1. The molecular formula is C32H49NO. The molecule has 0 radical (unpaired) electrons. The van der Waals surface area contributed by atoms with Crippen LogP contribution in [0.3, 0.4) is 0 Å². The first kappa shape index (κ1) is 26.8. The smallest absolute Gasteiger partial charge is 0.137 e. The van der Waals surface area contributed by atoms with Crippen LogP contribution in [0.25, 0.3) is 11.3 Å². The lowest BCUT2D eigenvalue weighted by Crippen LogP contribution is -2.15. The van der Waals surface area contributed by atoms with Crippen molar-refractivity contribution in [2.45, 2.75) is 117 Å². The van der Waals surface area contributed by atoms with Crippen LogP contribution in [0.4, 0.5) is 0 Å². The Morgan fingerprint density at radius 3 is 2.03 bits per heavy atom. The molecule has 0 N–H and O–H groups in total. The van der Waals surface area contributed by atoms with Crippen LogP contribution in [0.1, 0.15) is 116 Å². The van der Waals surface area contributed by atoms with Crippen molar-refractivity contribution in [2.75, 3.05) is 6.61 Å². The Kier molecular flexibility index (Phi) is 12.6. The number of benzene rings is 1. The summed E-state index contributed by atoms with van der Waals surface area (Å²) in [5.41, 5.74) is 3.68. The average Bonchev–Trinajstić information content (AvgIpc) is 2.89. The largest absolute Gasteiger partial charge is 0.492 e. The topological polar surface area (TPSA) is 22.1 Å².